The Balaban J connectivity index is 2.14. The molecule has 0 unspecified atom stereocenters. The Morgan fingerprint density at radius 2 is 1.67 bits per heavy atom. The summed E-state index contributed by atoms with van der Waals surface area (Å²) in [5.41, 5.74) is -4.26. The maximum absolute atomic E-state index is 13.1. The SMILES string of the molecule is C#C[C@@]1(O)[C@H](O)[C@@H](COP(=O)(OCOC(=O)OC(C)C)OCOC(=O)OC(C)C)O[C@H]1n1ccc(=O)[nH]c1=O. The number of nitrogens with one attached hydrogen (secondary N) is 1. The molecule has 2 rings (SSSR count). The second kappa shape index (κ2) is 13.7. The number of aliphatic hydroxyl groups is 2. The fourth-order valence-electron chi connectivity index (χ4n) is 2.96. The molecule has 0 spiro atoms. The minimum Gasteiger partial charge on any atom is -0.432 e. The normalized spacial score (nSPS) is 22.9. The van der Waals surface area contributed by atoms with Crippen LogP contribution in [0.1, 0.15) is 33.9 Å². The predicted molar refractivity (Wildman–Crippen MR) is 126 cm³/mol. The Labute approximate surface area is 221 Å². The lowest BCUT2D eigenvalue weighted by Gasteiger charge is -2.26. The molecule has 18 heteroatoms. The molecule has 1 aromatic heterocycles. The van der Waals surface area contributed by atoms with Crippen LogP contribution in [0.2, 0.25) is 0 Å². The standard InChI is InChI=1S/C21H29N2O15P/c1-6-21(29)16(25)14(38-17(21)23-8-7-15(24)22-18(23)26)9-33-39(30,34-10-31-19(27)36-12(2)3)35-11-32-20(28)37-13(4)5/h1,7-8,12-14,16-17,25,29H,9-11H2,2-5H3,(H,22,24,26)/t14-,16-,17-,21-/m1/s1. The van der Waals surface area contributed by atoms with Crippen LogP contribution in [0.15, 0.2) is 21.9 Å². The molecule has 3 N–H and O–H groups in total. The van der Waals surface area contributed by atoms with E-state index in [1.54, 1.807) is 27.7 Å². The Morgan fingerprint density at radius 1 is 1.13 bits per heavy atom. The number of aliphatic hydroxyl groups excluding tert-OH is 1. The van der Waals surface area contributed by atoms with Gasteiger partial charge in [0.05, 0.1) is 18.8 Å². The molecule has 0 saturated carbocycles. The van der Waals surface area contributed by atoms with Crippen LogP contribution in [0.4, 0.5) is 9.59 Å². The Morgan fingerprint density at radius 3 is 2.13 bits per heavy atom. The molecule has 17 nitrogen and oxygen atoms in total. The number of ether oxygens (including phenoxy) is 5. The number of aromatic nitrogens is 2. The maximum atomic E-state index is 13.1. The third-order valence-corrected chi connectivity index (χ3v) is 5.96. The lowest BCUT2D eigenvalue weighted by molar-refractivity contribution is -0.0800. The van der Waals surface area contributed by atoms with Gasteiger partial charge in [-0.1, -0.05) is 5.92 Å². The van der Waals surface area contributed by atoms with E-state index in [-0.39, 0.29) is 0 Å². The molecule has 1 aliphatic heterocycles. The van der Waals surface area contributed by atoms with Gasteiger partial charge in [0.2, 0.25) is 13.6 Å². The molecule has 1 fully saturated rings. The first-order valence-corrected chi connectivity index (χ1v) is 12.7. The van der Waals surface area contributed by atoms with Crippen LogP contribution in [0, 0.1) is 12.3 Å². The molecule has 39 heavy (non-hydrogen) atoms. The van der Waals surface area contributed by atoms with Crippen LogP contribution >= 0.6 is 7.82 Å². The largest absolute Gasteiger partial charge is 0.510 e. The van der Waals surface area contributed by atoms with Gasteiger partial charge in [0.1, 0.15) is 12.2 Å². The number of aromatic amines is 1. The van der Waals surface area contributed by atoms with E-state index < -0.39 is 87.8 Å². The Hall–Kier alpha value is -3.23. The molecule has 4 atom stereocenters. The van der Waals surface area contributed by atoms with E-state index in [0.29, 0.717) is 0 Å². The molecule has 2 heterocycles. The van der Waals surface area contributed by atoms with E-state index in [1.807, 2.05) is 10.9 Å². The van der Waals surface area contributed by atoms with Crippen molar-refractivity contribution in [3.05, 3.63) is 33.1 Å². The van der Waals surface area contributed by atoms with E-state index in [0.717, 1.165) is 16.8 Å². The first-order valence-electron chi connectivity index (χ1n) is 11.3. The number of phosphoric acid groups is 1. The van der Waals surface area contributed by atoms with Gasteiger partial charge in [0, 0.05) is 12.3 Å². The van der Waals surface area contributed by atoms with Gasteiger partial charge in [0.25, 0.3) is 5.56 Å². The summed E-state index contributed by atoms with van der Waals surface area (Å²) >= 11 is 0. The summed E-state index contributed by atoms with van der Waals surface area (Å²) in [6.45, 7) is 3.34. The third kappa shape index (κ3) is 8.90. The lowest BCUT2D eigenvalue weighted by Crippen LogP contribution is -2.48. The van der Waals surface area contributed by atoms with Crippen LogP contribution in [0.25, 0.3) is 0 Å². The molecule has 0 aliphatic carbocycles. The van der Waals surface area contributed by atoms with Crippen molar-refractivity contribution in [3.8, 4) is 12.3 Å². The van der Waals surface area contributed by atoms with Crippen molar-refractivity contribution in [1.29, 1.82) is 0 Å². The van der Waals surface area contributed by atoms with Crippen molar-refractivity contribution in [1.82, 2.24) is 9.55 Å². The van der Waals surface area contributed by atoms with Crippen molar-refractivity contribution in [2.24, 2.45) is 0 Å². The fourth-order valence-corrected chi connectivity index (χ4v) is 3.87. The van der Waals surface area contributed by atoms with Gasteiger partial charge in [0.15, 0.2) is 11.8 Å². The number of rotatable bonds is 12. The van der Waals surface area contributed by atoms with Gasteiger partial charge in [-0.25, -0.2) is 28.0 Å². The van der Waals surface area contributed by atoms with E-state index >= 15 is 0 Å². The predicted octanol–water partition coefficient (Wildman–Crippen LogP) is 0.355. The number of terminal acetylenes is 1. The molecular weight excluding hydrogens is 551 g/mol. The molecule has 1 aliphatic rings. The summed E-state index contributed by atoms with van der Waals surface area (Å²) in [6.07, 6.45) is -2.23. The highest BCUT2D eigenvalue weighted by Gasteiger charge is 2.56. The molecule has 0 amide bonds. The maximum Gasteiger partial charge on any atom is 0.510 e. The Kier molecular flexibility index (Phi) is 11.2. The zero-order valence-electron chi connectivity index (χ0n) is 21.3. The second-order valence-electron chi connectivity index (χ2n) is 8.32. The lowest BCUT2D eigenvalue weighted by atomic mass is 9.95. The minimum atomic E-state index is -4.74. The zero-order chi connectivity index (χ0) is 29.4. The van der Waals surface area contributed by atoms with Gasteiger partial charge in [-0.3, -0.25) is 18.9 Å². The van der Waals surface area contributed by atoms with E-state index in [9.17, 15) is 34.0 Å². The third-order valence-electron chi connectivity index (χ3n) is 4.65. The monoisotopic (exact) mass is 580 g/mol. The van der Waals surface area contributed by atoms with E-state index in [2.05, 4.69) is 9.47 Å². The summed E-state index contributed by atoms with van der Waals surface area (Å²) in [5, 5.41) is 21.5. The van der Waals surface area contributed by atoms with Gasteiger partial charge in [-0.05, 0) is 27.7 Å². The number of phosphoric ester groups is 1. The number of hydrogen-bond donors (Lipinski definition) is 3. The molecular formula is C21H29N2O15P. The Bertz CT molecular complexity index is 1170. The highest BCUT2D eigenvalue weighted by molar-refractivity contribution is 7.48. The molecule has 0 bridgehead atoms. The zero-order valence-corrected chi connectivity index (χ0v) is 22.2. The number of carbonyl (C=O) groups excluding carboxylic acids is 2. The van der Waals surface area contributed by atoms with E-state index in [4.69, 9.17) is 34.2 Å². The topological polar surface area (TPSA) is 220 Å². The van der Waals surface area contributed by atoms with Crippen molar-refractivity contribution >= 4 is 20.1 Å². The quantitative estimate of drug-likeness (QED) is 0.131. The van der Waals surface area contributed by atoms with Crippen molar-refractivity contribution in [2.75, 3.05) is 20.2 Å². The molecule has 1 aromatic rings. The molecule has 0 radical (unpaired) electrons. The van der Waals surface area contributed by atoms with Crippen LogP contribution < -0.4 is 11.2 Å². The second-order valence-corrected chi connectivity index (χ2v) is 9.99. The van der Waals surface area contributed by atoms with Crippen molar-refractivity contribution < 1.29 is 61.6 Å². The number of H-pyrrole nitrogens is 1. The molecule has 218 valence electrons. The summed E-state index contributed by atoms with van der Waals surface area (Å²) in [4.78, 5) is 48.6. The van der Waals surface area contributed by atoms with Crippen LogP contribution in [-0.2, 0) is 41.8 Å². The van der Waals surface area contributed by atoms with Crippen LogP contribution in [-0.4, -0.2) is 82.3 Å². The van der Waals surface area contributed by atoms with Gasteiger partial charge in [-0.2, -0.15) is 0 Å². The van der Waals surface area contributed by atoms with E-state index in [1.165, 1.54) is 0 Å². The number of nitrogens with zero attached hydrogens (tertiary/aromatic N) is 1. The highest BCUT2D eigenvalue weighted by Crippen LogP contribution is 2.50. The van der Waals surface area contributed by atoms with Crippen molar-refractivity contribution in [2.45, 2.75) is 63.9 Å². The summed E-state index contributed by atoms with van der Waals surface area (Å²) < 4.78 is 52.9. The first-order chi connectivity index (χ1) is 18.2. The smallest absolute Gasteiger partial charge is 0.432 e. The summed E-state index contributed by atoms with van der Waals surface area (Å²) in [6, 6.07) is 0.947. The summed E-state index contributed by atoms with van der Waals surface area (Å²) in [7, 11) is -4.74. The molecule has 0 aromatic carbocycles. The summed E-state index contributed by atoms with van der Waals surface area (Å²) in [5.74, 6) is 1.93. The number of hydrogen-bond acceptors (Lipinski definition) is 15. The first kappa shape index (κ1) is 32.0. The van der Waals surface area contributed by atoms with Gasteiger partial charge >= 0.3 is 25.8 Å². The average molecular weight is 580 g/mol. The number of carbonyl (C=O) groups is 2. The highest BCUT2D eigenvalue weighted by atomic mass is 31.2. The van der Waals surface area contributed by atoms with Crippen LogP contribution in [0.3, 0.4) is 0 Å². The van der Waals surface area contributed by atoms with Crippen molar-refractivity contribution in [3.63, 3.8) is 0 Å². The van der Waals surface area contributed by atoms with Gasteiger partial charge < -0.3 is 33.9 Å². The van der Waals surface area contributed by atoms with Gasteiger partial charge in [-0.15, -0.1) is 6.42 Å². The average Bonchev–Trinajstić information content (AvgIpc) is 3.07. The fraction of sp³-hybridized carbons (Fsp3) is 0.619. The molecule has 1 saturated heterocycles. The van der Waals surface area contributed by atoms with Crippen LogP contribution in [0.5, 0.6) is 0 Å². The minimum absolute atomic E-state index is 0.532.